The Kier molecular flexibility index (Phi) is 5.43. The number of hydrogen-bond donors (Lipinski definition) is 0. The molecule has 1 aromatic carbocycles. The standard InChI is InChI=1S/C12H13ClO3/c1-2-15-12(14)16-11-7-3-5-10(9-11)6-4-8-13/h3-7,9H,2,8H2,1H3/b6-4+. The summed E-state index contributed by atoms with van der Waals surface area (Å²) < 4.78 is 9.61. The molecule has 0 N–H and O–H groups in total. The maximum Gasteiger partial charge on any atom is 0.513 e. The van der Waals surface area contributed by atoms with Crippen LogP contribution in [-0.4, -0.2) is 18.6 Å². The highest BCUT2D eigenvalue weighted by Gasteiger charge is 2.04. The van der Waals surface area contributed by atoms with Crippen molar-refractivity contribution in [1.82, 2.24) is 0 Å². The minimum absolute atomic E-state index is 0.296. The molecule has 0 aliphatic carbocycles. The molecular weight excluding hydrogens is 228 g/mol. The van der Waals surface area contributed by atoms with Gasteiger partial charge in [-0.25, -0.2) is 4.79 Å². The maximum atomic E-state index is 11.1. The van der Waals surface area contributed by atoms with Crippen molar-refractivity contribution < 1.29 is 14.3 Å². The van der Waals surface area contributed by atoms with Crippen molar-refractivity contribution in [1.29, 1.82) is 0 Å². The Balaban J connectivity index is 2.67. The second kappa shape index (κ2) is 6.90. The third-order valence-electron chi connectivity index (χ3n) is 1.72. The van der Waals surface area contributed by atoms with E-state index in [0.29, 0.717) is 18.2 Å². The molecule has 0 radical (unpaired) electrons. The van der Waals surface area contributed by atoms with E-state index in [0.717, 1.165) is 5.56 Å². The molecule has 0 unspecified atom stereocenters. The van der Waals surface area contributed by atoms with Crippen LogP contribution in [0, 0.1) is 0 Å². The van der Waals surface area contributed by atoms with Gasteiger partial charge in [0.05, 0.1) is 6.61 Å². The van der Waals surface area contributed by atoms with Crippen molar-refractivity contribution in [3.63, 3.8) is 0 Å². The molecule has 3 nitrogen and oxygen atoms in total. The van der Waals surface area contributed by atoms with Crippen molar-refractivity contribution in [2.75, 3.05) is 12.5 Å². The van der Waals surface area contributed by atoms with Crippen molar-refractivity contribution in [2.24, 2.45) is 0 Å². The molecular formula is C12H13ClO3. The molecule has 0 saturated heterocycles. The summed E-state index contributed by atoms with van der Waals surface area (Å²) in [7, 11) is 0. The number of allylic oxidation sites excluding steroid dienone is 1. The molecule has 16 heavy (non-hydrogen) atoms. The molecule has 1 aromatic rings. The zero-order chi connectivity index (χ0) is 11.8. The number of carbonyl (C=O) groups is 1. The molecule has 0 amide bonds. The van der Waals surface area contributed by atoms with Crippen molar-refractivity contribution in [2.45, 2.75) is 6.92 Å². The first-order valence-electron chi connectivity index (χ1n) is 4.93. The van der Waals surface area contributed by atoms with Crippen LogP contribution >= 0.6 is 11.6 Å². The van der Waals surface area contributed by atoms with Gasteiger partial charge in [0.25, 0.3) is 0 Å². The van der Waals surface area contributed by atoms with Gasteiger partial charge in [0.1, 0.15) is 5.75 Å². The smallest absolute Gasteiger partial charge is 0.434 e. The van der Waals surface area contributed by atoms with Gasteiger partial charge in [0, 0.05) is 5.88 Å². The molecule has 0 aliphatic rings. The maximum absolute atomic E-state index is 11.1. The fourth-order valence-electron chi connectivity index (χ4n) is 1.11. The lowest BCUT2D eigenvalue weighted by molar-refractivity contribution is 0.104. The second-order valence-electron chi connectivity index (χ2n) is 2.91. The number of ether oxygens (including phenoxy) is 2. The molecule has 4 heteroatoms. The first kappa shape index (κ1) is 12.6. The Hall–Kier alpha value is -1.48. The van der Waals surface area contributed by atoms with E-state index in [1.807, 2.05) is 18.2 Å². The Morgan fingerprint density at radius 3 is 3.00 bits per heavy atom. The molecule has 0 heterocycles. The summed E-state index contributed by atoms with van der Waals surface area (Å²) >= 11 is 5.52. The highest BCUT2D eigenvalue weighted by molar-refractivity contribution is 6.19. The number of alkyl halides is 1. The molecule has 86 valence electrons. The predicted octanol–water partition coefficient (Wildman–Crippen LogP) is 3.47. The van der Waals surface area contributed by atoms with Crippen molar-refractivity contribution >= 4 is 23.8 Å². The van der Waals surface area contributed by atoms with Gasteiger partial charge >= 0.3 is 6.16 Å². The SMILES string of the molecule is CCOC(=O)Oc1cccc(/C=C/CCl)c1. The zero-order valence-electron chi connectivity index (χ0n) is 8.98. The Morgan fingerprint density at radius 2 is 2.31 bits per heavy atom. The number of benzene rings is 1. The van der Waals surface area contributed by atoms with Crippen LogP contribution in [0.4, 0.5) is 4.79 Å². The number of rotatable bonds is 4. The van der Waals surface area contributed by atoms with Crippen LogP contribution < -0.4 is 4.74 Å². The number of hydrogen-bond acceptors (Lipinski definition) is 3. The second-order valence-corrected chi connectivity index (χ2v) is 3.22. The molecule has 0 atom stereocenters. The Bertz CT molecular complexity index is 374. The van der Waals surface area contributed by atoms with E-state index in [1.54, 1.807) is 25.1 Å². The van der Waals surface area contributed by atoms with Gasteiger partial charge in [-0.1, -0.05) is 24.3 Å². The van der Waals surface area contributed by atoms with E-state index in [2.05, 4.69) is 4.74 Å². The number of carbonyl (C=O) groups excluding carboxylic acids is 1. The average molecular weight is 241 g/mol. The van der Waals surface area contributed by atoms with Gasteiger partial charge in [-0.05, 0) is 24.6 Å². The first-order valence-corrected chi connectivity index (χ1v) is 5.47. The summed E-state index contributed by atoms with van der Waals surface area (Å²) in [6, 6.07) is 7.11. The molecule has 0 spiro atoms. The summed E-state index contributed by atoms with van der Waals surface area (Å²) in [4.78, 5) is 11.1. The minimum atomic E-state index is -0.694. The Labute approximate surface area is 99.6 Å². The summed E-state index contributed by atoms with van der Waals surface area (Å²) in [6.07, 6.45) is 2.97. The lowest BCUT2D eigenvalue weighted by Crippen LogP contribution is -2.09. The first-order chi connectivity index (χ1) is 7.76. The van der Waals surface area contributed by atoms with Crippen LogP contribution in [-0.2, 0) is 4.74 Å². The minimum Gasteiger partial charge on any atom is -0.434 e. The largest absolute Gasteiger partial charge is 0.513 e. The average Bonchev–Trinajstić information content (AvgIpc) is 2.27. The Morgan fingerprint density at radius 1 is 1.50 bits per heavy atom. The lowest BCUT2D eigenvalue weighted by atomic mass is 10.2. The molecule has 0 saturated carbocycles. The van der Waals surface area contributed by atoms with Crippen LogP contribution in [0.25, 0.3) is 6.08 Å². The summed E-state index contributed by atoms with van der Waals surface area (Å²) in [5.74, 6) is 0.901. The van der Waals surface area contributed by atoms with Gasteiger partial charge in [-0.15, -0.1) is 11.6 Å². The highest BCUT2D eigenvalue weighted by atomic mass is 35.5. The van der Waals surface area contributed by atoms with Crippen LogP contribution in [0.15, 0.2) is 30.3 Å². The van der Waals surface area contributed by atoms with Crippen LogP contribution in [0.2, 0.25) is 0 Å². The third kappa shape index (κ3) is 4.36. The molecule has 0 fully saturated rings. The van der Waals surface area contributed by atoms with Crippen LogP contribution in [0.5, 0.6) is 5.75 Å². The van der Waals surface area contributed by atoms with E-state index in [1.165, 1.54) is 0 Å². The van der Waals surface area contributed by atoms with Gasteiger partial charge in [0.2, 0.25) is 0 Å². The fourth-order valence-corrected chi connectivity index (χ4v) is 1.19. The van der Waals surface area contributed by atoms with Gasteiger partial charge < -0.3 is 9.47 Å². The van der Waals surface area contributed by atoms with Crippen LogP contribution in [0.1, 0.15) is 12.5 Å². The third-order valence-corrected chi connectivity index (χ3v) is 1.90. The molecule has 0 aromatic heterocycles. The van der Waals surface area contributed by atoms with E-state index in [4.69, 9.17) is 16.3 Å². The van der Waals surface area contributed by atoms with Gasteiger partial charge in [-0.2, -0.15) is 0 Å². The lowest BCUT2D eigenvalue weighted by Gasteiger charge is -2.04. The van der Waals surface area contributed by atoms with Crippen molar-refractivity contribution in [3.05, 3.63) is 35.9 Å². The summed E-state index contributed by atoms with van der Waals surface area (Å²) in [5.41, 5.74) is 0.919. The molecule has 0 aliphatic heterocycles. The van der Waals surface area contributed by atoms with E-state index >= 15 is 0 Å². The summed E-state index contributed by atoms with van der Waals surface area (Å²) in [6.45, 7) is 2.02. The molecule has 0 bridgehead atoms. The van der Waals surface area contributed by atoms with Crippen LogP contribution in [0.3, 0.4) is 0 Å². The topological polar surface area (TPSA) is 35.5 Å². The van der Waals surface area contributed by atoms with E-state index in [-0.39, 0.29) is 0 Å². The fraction of sp³-hybridized carbons (Fsp3) is 0.250. The normalized spacial score (nSPS) is 10.4. The number of halogens is 1. The van der Waals surface area contributed by atoms with Gasteiger partial charge in [0.15, 0.2) is 0 Å². The quantitative estimate of drug-likeness (QED) is 0.459. The zero-order valence-corrected chi connectivity index (χ0v) is 9.74. The molecule has 1 rings (SSSR count). The van der Waals surface area contributed by atoms with E-state index < -0.39 is 6.16 Å². The summed E-state index contributed by atoms with van der Waals surface area (Å²) in [5, 5.41) is 0. The highest BCUT2D eigenvalue weighted by Crippen LogP contribution is 2.15. The predicted molar refractivity (Wildman–Crippen MR) is 63.8 cm³/mol. The van der Waals surface area contributed by atoms with Gasteiger partial charge in [-0.3, -0.25) is 0 Å². The monoisotopic (exact) mass is 240 g/mol. The van der Waals surface area contributed by atoms with E-state index in [9.17, 15) is 4.79 Å². The van der Waals surface area contributed by atoms with Crippen molar-refractivity contribution in [3.8, 4) is 5.75 Å².